The van der Waals surface area contributed by atoms with E-state index in [-0.39, 0.29) is 6.42 Å². The second kappa shape index (κ2) is 6.42. The Balaban J connectivity index is 2.56. The van der Waals surface area contributed by atoms with Gasteiger partial charge >= 0.3 is 141 Å². The number of nitrogens with zero attached hydrogens (tertiary/aromatic N) is 2. The van der Waals surface area contributed by atoms with E-state index in [2.05, 4.69) is 9.47 Å². The third kappa shape index (κ3) is 2.30. The number of rotatable bonds is 4. The van der Waals surface area contributed by atoms with Crippen molar-refractivity contribution < 1.29 is 20.4 Å². The first-order valence-corrected chi connectivity index (χ1v) is 8.32. The van der Waals surface area contributed by atoms with Crippen LogP contribution in [0.1, 0.15) is 7.79 Å². The first-order chi connectivity index (χ1) is 11.4. The van der Waals surface area contributed by atoms with Gasteiger partial charge in [-0.15, -0.1) is 0 Å². The number of carbonyl (C=O) groups excluding carboxylic acids is 2. The van der Waals surface area contributed by atoms with Gasteiger partial charge in [-0.2, -0.15) is 0 Å². The average Bonchev–Trinajstić information content (AvgIpc) is 2.60. The van der Waals surface area contributed by atoms with Crippen LogP contribution in [0.25, 0.3) is 0 Å². The molecule has 0 heterocycles. The van der Waals surface area contributed by atoms with Gasteiger partial charge in [-0.1, -0.05) is 0 Å². The van der Waals surface area contributed by atoms with Crippen molar-refractivity contribution in [3.05, 3.63) is 30.3 Å². The molecule has 23 heavy (non-hydrogen) atoms. The van der Waals surface area contributed by atoms with E-state index >= 15 is 0 Å². The molecule has 0 amide bonds. The van der Waals surface area contributed by atoms with Crippen LogP contribution in [-0.4, -0.2) is 41.1 Å². The number of hydrogen-bond donors (Lipinski definition) is 0. The molecule has 0 N–H and O–H groups in total. The molecule has 6 nitrogen and oxygen atoms in total. The Kier molecular flexibility index (Phi) is 4.34. The zero-order valence-corrected chi connectivity index (χ0v) is 14.2. The number of hydrogen-bond acceptors (Lipinski definition) is 6. The minimum absolute atomic E-state index is 0.296. The Labute approximate surface area is 141 Å². The van der Waals surface area contributed by atoms with E-state index in [1.165, 1.54) is 0 Å². The SMILES string of the molecule is [2H][C@@]1([Se]c2ccccc2)CC(C(=O)OC)(C(=O)OC)C1(C#N)C#N. The summed E-state index contributed by atoms with van der Waals surface area (Å²) in [5.74, 6) is -2.05. The summed E-state index contributed by atoms with van der Waals surface area (Å²) in [4.78, 5) is 23.0. The molecule has 1 aliphatic rings. The van der Waals surface area contributed by atoms with Crippen molar-refractivity contribution in [3.8, 4) is 12.1 Å². The van der Waals surface area contributed by atoms with E-state index in [9.17, 15) is 20.1 Å². The molecule has 0 bridgehead atoms. The fourth-order valence-electron chi connectivity index (χ4n) is 2.60. The molecule has 0 aromatic heterocycles. The van der Waals surface area contributed by atoms with E-state index < -0.39 is 42.5 Å². The second-order valence-electron chi connectivity index (χ2n) is 4.88. The Bertz CT molecular complexity index is 726. The van der Waals surface area contributed by atoms with Crippen molar-refractivity contribution in [2.75, 3.05) is 14.2 Å². The van der Waals surface area contributed by atoms with Crippen LogP contribution < -0.4 is 4.46 Å². The van der Waals surface area contributed by atoms with Gasteiger partial charge in [0.05, 0.1) is 0 Å². The quantitative estimate of drug-likeness (QED) is 0.432. The number of nitriles is 2. The Morgan fingerprint density at radius 1 is 1.22 bits per heavy atom. The molecule has 7 heteroatoms. The maximum absolute atomic E-state index is 12.3. The van der Waals surface area contributed by atoms with Gasteiger partial charge in [0.2, 0.25) is 0 Å². The van der Waals surface area contributed by atoms with Gasteiger partial charge in [0.15, 0.2) is 0 Å². The first kappa shape index (κ1) is 15.6. The van der Waals surface area contributed by atoms with Gasteiger partial charge in [0, 0.05) is 0 Å². The number of carbonyl (C=O) groups is 2. The summed E-state index contributed by atoms with van der Waals surface area (Å²) in [5, 5.41) is 19.4. The van der Waals surface area contributed by atoms with Gasteiger partial charge in [-0.3, -0.25) is 0 Å². The van der Waals surface area contributed by atoms with Crippen LogP contribution in [0.15, 0.2) is 30.3 Å². The predicted octanol–water partition coefficient (Wildman–Crippen LogP) is 0.574. The Morgan fingerprint density at radius 2 is 1.74 bits per heavy atom. The topological polar surface area (TPSA) is 100 Å². The third-order valence-electron chi connectivity index (χ3n) is 3.87. The molecule has 1 saturated carbocycles. The van der Waals surface area contributed by atoms with Crippen LogP contribution in [0.4, 0.5) is 0 Å². The van der Waals surface area contributed by atoms with Crippen molar-refractivity contribution in [2.45, 2.75) is 11.2 Å². The van der Waals surface area contributed by atoms with Crippen molar-refractivity contribution >= 4 is 31.4 Å². The van der Waals surface area contributed by atoms with Gasteiger partial charge in [-0.05, 0) is 0 Å². The molecular formula is C16H14N2O4Se. The average molecular weight is 378 g/mol. The van der Waals surface area contributed by atoms with E-state index in [1.54, 1.807) is 36.4 Å². The fourth-order valence-corrected chi connectivity index (χ4v) is 5.30. The zero-order chi connectivity index (χ0) is 18.0. The fraction of sp³-hybridized carbons (Fsp3) is 0.375. The molecule has 1 atom stereocenters. The molecule has 2 rings (SSSR count). The molecule has 0 aliphatic heterocycles. The second-order valence-corrected chi connectivity index (χ2v) is 7.33. The van der Waals surface area contributed by atoms with Gasteiger partial charge < -0.3 is 0 Å². The van der Waals surface area contributed by atoms with Crippen molar-refractivity contribution in [3.63, 3.8) is 0 Å². The van der Waals surface area contributed by atoms with E-state index in [1.807, 2.05) is 6.07 Å². The van der Waals surface area contributed by atoms with Crippen LogP contribution in [0.2, 0.25) is 4.79 Å². The monoisotopic (exact) mass is 379 g/mol. The molecule has 0 radical (unpaired) electrons. The molecule has 1 aromatic carbocycles. The summed E-state index contributed by atoms with van der Waals surface area (Å²) in [5.41, 5.74) is -4.27. The summed E-state index contributed by atoms with van der Waals surface area (Å²) < 4.78 is 18.8. The Morgan fingerprint density at radius 3 is 2.17 bits per heavy atom. The molecule has 0 spiro atoms. The molecule has 118 valence electrons. The minimum atomic E-state index is -2.17. The van der Waals surface area contributed by atoms with Crippen LogP contribution in [0.5, 0.6) is 0 Å². The van der Waals surface area contributed by atoms with Crippen molar-refractivity contribution in [2.24, 2.45) is 10.8 Å². The van der Waals surface area contributed by atoms with Crippen molar-refractivity contribution in [1.29, 1.82) is 10.5 Å². The van der Waals surface area contributed by atoms with Gasteiger partial charge in [0.1, 0.15) is 0 Å². The van der Waals surface area contributed by atoms with Crippen LogP contribution in [0, 0.1) is 33.5 Å². The number of benzene rings is 1. The van der Waals surface area contributed by atoms with Crippen LogP contribution in [-0.2, 0) is 19.1 Å². The standard InChI is InChI=1S/C16H14N2O4Se/c1-21-13(19)16(14(20)22-2)8-12(15(16,9-17)10-18)23-11-6-4-3-5-7-11/h3-7,12H,8H2,1-2H3/t12-/m1/s1/i12D. The van der Waals surface area contributed by atoms with Crippen LogP contribution >= 0.6 is 0 Å². The molecule has 1 aromatic rings. The molecule has 1 aliphatic carbocycles. The van der Waals surface area contributed by atoms with Gasteiger partial charge in [-0.25, -0.2) is 0 Å². The number of methoxy groups -OCH3 is 2. The first-order valence-electron chi connectivity index (χ1n) is 7.11. The van der Waals surface area contributed by atoms with Crippen molar-refractivity contribution in [1.82, 2.24) is 0 Å². The number of esters is 2. The summed E-state index contributed by atoms with van der Waals surface area (Å²) >= 11 is -0.634. The normalized spacial score (nSPS) is 24.1. The summed E-state index contributed by atoms with van der Waals surface area (Å²) in [7, 11) is 2.14. The predicted molar refractivity (Wildman–Crippen MR) is 80.3 cm³/mol. The molecule has 0 unspecified atom stereocenters. The summed E-state index contributed by atoms with van der Waals surface area (Å²) in [6.45, 7) is 0. The van der Waals surface area contributed by atoms with Crippen LogP contribution in [0.3, 0.4) is 0 Å². The molecule has 0 saturated heterocycles. The summed E-state index contributed by atoms with van der Waals surface area (Å²) in [6.07, 6.45) is -0.296. The zero-order valence-electron chi connectivity index (χ0n) is 13.5. The van der Waals surface area contributed by atoms with E-state index in [4.69, 9.17) is 1.37 Å². The Hall–Kier alpha value is -2.34. The number of ether oxygens (including phenoxy) is 2. The maximum atomic E-state index is 12.3. The molecular weight excluding hydrogens is 363 g/mol. The van der Waals surface area contributed by atoms with E-state index in [0.29, 0.717) is 0 Å². The van der Waals surface area contributed by atoms with E-state index in [0.717, 1.165) is 18.7 Å². The third-order valence-corrected chi connectivity index (χ3v) is 6.40. The summed E-state index contributed by atoms with van der Waals surface area (Å²) in [6, 6.07) is 12.5. The molecule has 1 fully saturated rings. The van der Waals surface area contributed by atoms with Gasteiger partial charge in [0.25, 0.3) is 0 Å².